The first-order valence-electron chi connectivity index (χ1n) is 10.8. The van der Waals surface area contributed by atoms with E-state index < -0.39 is 21.7 Å². The van der Waals surface area contributed by atoms with E-state index in [0.29, 0.717) is 5.56 Å². The molecular formula is C23H22N4O7S2. The molecule has 3 heterocycles. The van der Waals surface area contributed by atoms with Crippen molar-refractivity contribution in [2.45, 2.75) is 20.8 Å². The van der Waals surface area contributed by atoms with Crippen molar-refractivity contribution in [3.63, 3.8) is 0 Å². The fraction of sp³-hybridized carbons (Fsp3) is 0.261. The zero-order valence-corrected chi connectivity index (χ0v) is 21.2. The van der Waals surface area contributed by atoms with Crippen molar-refractivity contribution < 1.29 is 31.9 Å². The van der Waals surface area contributed by atoms with E-state index in [2.05, 4.69) is 9.39 Å². The zero-order valence-electron chi connectivity index (χ0n) is 19.5. The molecule has 2 aliphatic rings. The molecule has 0 unspecified atom stereocenters. The van der Waals surface area contributed by atoms with E-state index in [1.807, 2.05) is 0 Å². The van der Waals surface area contributed by atoms with Gasteiger partial charge in [-0.1, -0.05) is 19.9 Å². The predicted molar refractivity (Wildman–Crippen MR) is 135 cm³/mol. The molecule has 188 valence electrons. The van der Waals surface area contributed by atoms with Crippen LogP contribution in [0, 0.1) is 11.3 Å². The third-order valence-corrected chi connectivity index (χ3v) is 7.58. The van der Waals surface area contributed by atoms with Crippen molar-refractivity contribution in [1.29, 1.82) is 5.41 Å². The van der Waals surface area contributed by atoms with E-state index in [4.69, 9.17) is 19.3 Å². The number of nitrogens with zero attached hydrogens (tertiary/aromatic N) is 3. The van der Waals surface area contributed by atoms with Gasteiger partial charge in [0, 0.05) is 0 Å². The van der Waals surface area contributed by atoms with Crippen LogP contribution in [0.4, 0.5) is 0 Å². The topological polar surface area (TPSA) is 152 Å². The molecule has 36 heavy (non-hydrogen) atoms. The van der Waals surface area contributed by atoms with Crippen molar-refractivity contribution >= 4 is 55.9 Å². The van der Waals surface area contributed by atoms with Gasteiger partial charge >= 0.3 is 5.97 Å². The third kappa shape index (κ3) is 5.11. The van der Waals surface area contributed by atoms with Crippen LogP contribution in [0.1, 0.15) is 36.9 Å². The highest BCUT2D eigenvalue weighted by Gasteiger charge is 2.42. The molecule has 1 aromatic carbocycles. The summed E-state index contributed by atoms with van der Waals surface area (Å²) in [6.45, 7) is 5.55. The lowest BCUT2D eigenvalue weighted by Crippen LogP contribution is -2.46. The van der Waals surface area contributed by atoms with Crippen molar-refractivity contribution in [2.75, 3.05) is 12.4 Å². The Bertz CT molecular complexity index is 1420. The highest BCUT2D eigenvalue weighted by Crippen LogP contribution is 2.33. The maximum Gasteiger partial charge on any atom is 0.379 e. The molecule has 0 fully saturated rings. The van der Waals surface area contributed by atoms with Crippen LogP contribution >= 0.6 is 11.9 Å². The fourth-order valence-corrected chi connectivity index (χ4v) is 6.12. The van der Waals surface area contributed by atoms with Crippen LogP contribution in [-0.2, 0) is 14.6 Å². The maximum absolute atomic E-state index is 12.8. The van der Waals surface area contributed by atoms with Gasteiger partial charge in [-0.25, -0.2) is 18.1 Å². The van der Waals surface area contributed by atoms with E-state index in [0.717, 1.165) is 16.8 Å². The molecule has 0 bridgehead atoms. The summed E-state index contributed by atoms with van der Waals surface area (Å²) in [5.41, 5.74) is 0.315. The number of rotatable bonds is 7. The summed E-state index contributed by atoms with van der Waals surface area (Å²) < 4.78 is 45.6. The average Bonchev–Trinajstić information content (AvgIpc) is 3.48. The normalized spacial score (nSPS) is 16.8. The molecule has 1 N–H and O–H groups in total. The molecule has 4 rings (SSSR count). The molecule has 0 radical (unpaired) electrons. The average molecular weight is 531 g/mol. The first-order valence-corrected chi connectivity index (χ1v) is 13.3. The van der Waals surface area contributed by atoms with Crippen LogP contribution < -0.4 is 9.47 Å². The summed E-state index contributed by atoms with van der Waals surface area (Å²) in [6.07, 6.45) is 2.74. The highest BCUT2D eigenvalue weighted by atomic mass is 32.2. The minimum atomic E-state index is -3.81. The summed E-state index contributed by atoms with van der Waals surface area (Å²) in [4.78, 5) is 30.0. The number of furan rings is 1. The Labute approximate surface area is 211 Å². The Morgan fingerprint density at radius 2 is 2.06 bits per heavy atom. The van der Waals surface area contributed by atoms with Gasteiger partial charge in [-0.3, -0.25) is 10.2 Å². The number of benzene rings is 1. The van der Waals surface area contributed by atoms with Gasteiger partial charge in [0.25, 0.3) is 5.91 Å². The summed E-state index contributed by atoms with van der Waals surface area (Å²) in [5.74, 6) is -1.70. The van der Waals surface area contributed by atoms with Gasteiger partial charge in [-0.15, -0.1) is 0 Å². The largest absolute Gasteiger partial charge is 0.490 e. The number of carbonyl (C=O) groups excluding carboxylic acids is 2. The Morgan fingerprint density at radius 1 is 1.28 bits per heavy atom. The van der Waals surface area contributed by atoms with Crippen LogP contribution in [0.3, 0.4) is 0 Å². The van der Waals surface area contributed by atoms with Crippen LogP contribution in [0.5, 0.6) is 11.5 Å². The summed E-state index contributed by atoms with van der Waals surface area (Å²) in [5, 5.41) is 8.27. The Hall–Kier alpha value is -3.71. The second-order valence-corrected chi connectivity index (χ2v) is 10.7. The van der Waals surface area contributed by atoms with Gasteiger partial charge < -0.3 is 13.9 Å². The second-order valence-electron chi connectivity index (χ2n) is 8.09. The number of sulfone groups is 1. The number of hydrogen-bond acceptors (Lipinski definition) is 10. The van der Waals surface area contributed by atoms with E-state index in [1.54, 1.807) is 32.9 Å². The van der Waals surface area contributed by atoms with E-state index >= 15 is 0 Å². The molecule has 1 aromatic heterocycles. The van der Waals surface area contributed by atoms with Crippen molar-refractivity contribution in [3.05, 3.63) is 53.5 Å². The van der Waals surface area contributed by atoms with E-state index in [-0.39, 0.29) is 57.3 Å². The molecule has 11 nitrogen and oxygen atoms in total. The first-order chi connectivity index (χ1) is 17.1. The number of ether oxygens (including phenoxy) is 2. The van der Waals surface area contributed by atoms with E-state index in [1.165, 1.54) is 30.5 Å². The second kappa shape index (κ2) is 10.1. The van der Waals surface area contributed by atoms with Crippen molar-refractivity contribution in [1.82, 2.24) is 4.90 Å². The molecular weight excluding hydrogens is 508 g/mol. The van der Waals surface area contributed by atoms with Gasteiger partial charge in [-0.2, -0.15) is 9.39 Å². The highest BCUT2D eigenvalue weighted by molar-refractivity contribution is 8.16. The number of fused-ring (bicyclic) bond motifs is 1. The van der Waals surface area contributed by atoms with Crippen LogP contribution in [0.25, 0.3) is 6.08 Å². The molecule has 0 saturated carbocycles. The number of esters is 1. The Morgan fingerprint density at radius 3 is 2.72 bits per heavy atom. The third-order valence-electron chi connectivity index (χ3n) is 4.83. The fourth-order valence-electron chi connectivity index (χ4n) is 3.39. The molecule has 2 aromatic rings. The predicted octanol–water partition coefficient (Wildman–Crippen LogP) is 3.54. The van der Waals surface area contributed by atoms with E-state index in [9.17, 15) is 18.0 Å². The lowest BCUT2D eigenvalue weighted by Gasteiger charge is -2.24. The van der Waals surface area contributed by atoms with Crippen molar-refractivity contribution in [2.24, 2.45) is 15.3 Å². The summed E-state index contributed by atoms with van der Waals surface area (Å²) >= 11 is 0.739. The molecule has 1 amide bonds. The number of hydrogen-bond donors (Lipinski definition) is 1. The SMILES string of the molecule is CCOc1cc(C=C2C(=N)N3C(=NC2=O)SN=C3S(=O)(=O)CC(C)C)ccc1OC(=O)c1ccco1. The van der Waals surface area contributed by atoms with Gasteiger partial charge in [0.05, 0.1) is 36.1 Å². The molecule has 2 aliphatic heterocycles. The summed E-state index contributed by atoms with van der Waals surface area (Å²) in [6, 6.07) is 7.59. The lowest BCUT2D eigenvalue weighted by molar-refractivity contribution is -0.114. The molecule has 0 atom stereocenters. The number of nitrogens with one attached hydrogen (secondary N) is 1. The minimum Gasteiger partial charge on any atom is -0.490 e. The number of amides is 1. The smallest absolute Gasteiger partial charge is 0.379 e. The molecule has 0 spiro atoms. The lowest BCUT2D eigenvalue weighted by atomic mass is 10.1. The molecule has 0 saturated heterocycles. The minimum absolute atomic E-state index is 0.0136. The monoisotopic (exact) mass is 530 g/mol. The van der Waals surface area contributed by atoms with Crippen LogP contribution in [0.2, 0.25) is 0 Å². The van der Waals surface area contributed by atoms with Crippen LogP contribution in [0.15, 0.2) is 56.0 Å². The van der Waals surface area contributed by atoms with Crippen molar-refractivity contribution in [3.8, 4) is 11.5 Å². The van der Waals surface area contributed by atoms with Crippen LogP contribution in [-0.4, -0.2) is 53.7 Å². The number of aliphatic imine (C=N–C) groups is 1. The zero-order chi connectivity index (χ0) is 26.0. The van der Waals surface area contributed by atoms with Gasteiger partial charge in [0.15, 0.2) is 11.5 Å². The number of amidine groups is 3. The maximum atomic E-state index is 12.8. The first kappa shape index (κ1) is 25.4. The quantitative estimate of drug-likeness (QED) is 0.245. The molecule has 13 heteroatoms. The van der Waals surface area contributed by atoms with Gasteiger partial charge in [-0.05, 0) is 48.7 Å². The Kier molecular flexibility index (Phi) is 7.13. The number of carbonyl (C=O) groups is 2. The Balaban J connectivity index is 1.65. The summed E-state index contributed by atoms with van der Waals surface area (Å²) in [7, 11) is -3.81. The standard InChI is InChI=1S/C23H22N4O7S2/c1-4-32-18-11-14(7-8-16(18)34-21(29)17-6-5-9-33-17)10-15-19(24)27-22(25-20(15)28)35-26-23(27)36(30,31)12-13(2)3/h5-11,13,24H,4,12H2,1-3H3. The molecule has 0 aliphatic carbocycles. The van der Waals surface area contributed by atoms with Gasteiger partial charge in [0.2, 0.25) is 25.9 Å². The van der Waals surface area contributed by atoms with Gasteiger partial charge in [0.1, 0.15) is 5.84 Å².